The van der Waals surface area contributed by atoms with Crippen LogP contribution in [0.2, 0.25) is 0 Å². The Morgan fingerprint density at radius 1 is 1.07 bits per heavy atom. The zero-order valence-corrected chi connectivity index (χ0v) is 17.3. The van der Waals surface area contributed by atoms with Crippen LogP contribution in [0.3, 0.4) is 0 Å². The summed E-state index contributed by atoms with van der Waals surface area (Å²) in [7, 11) is 1.73. The highest BCUT2D eigenvalue weighted by Crippen LogP contribution is 2.45. The molecule has 1 heterocycles. The van der Waals surface area contributed by atoms with Crippen molar-refractivity contribution in [1.82, 2.24) is 10.1 Å². The van der Waals surface area contributed by atoms with Crippen molar-refractivity contribution in [2.75, 3.05) is 20.3 Å². The van der Waals surface area contributed by atoms with E-state index in [1.54, 1.807) is 7.11 Å². The molecule has 0 amide bonds. The van der Waals surface area contributed by atoms with Crippen LogP contribution in [0, 0.1) is 5.41 Å². The number of nitrogens with zero attached hydrogens (tertiary/aromatic N) is 2. The number of aromatic nitrogens is 2. The topological polar surface area (TPSA) is 68.4 Å². The molecule has 1 atom stereocenters. The lowest BCUT2D eigenvalue weighted by Crippen LogP contribution is -2.27. The smallest absolute Gasteiger partial charge is 0.254 e. The zero-order chi connectivity index (χ0) is 21.0. The van der Waals surface area contributed by atoms with Gasteiger partial charge in [-0.25, -0.2) is 0 Å². The average Bonchev–Trinajstić information content (AvgIpc) is 3.25. The number of ether oxygens (including phenoxy) is 1. The molecule has 2 aromatic carbocycles. The van der Waals surface area contributed by atoms with Gasteiger partial charge in [0, 0.05) is 30.3 Å². The molecule has 0 spiro atoms. The summed E-state index contributed by atoms with van der Waals surface area (Å²) >= 11 is 0. The van der Waals surface area contributed by atoms with E-state index in [9.17, 15) is 5.11 Å². The summed E-state index contributed by atoms with van der Waals surface area (Å²) in [4.78, 5) is 4.65. The van der Waals surface area contributed by atoms with Gasteiger partial charge in [0.2, 0.25) is 5.82 Å². The second-order valence-corrected chi connectivity index (χ2v) is 7.91. The maximum atomic E-state index is 9.18. The summed E-state index contributed by atoms with van der Waals surface area (Å²) in [5, 5.41) is 13.4. The molecule has 1 aliphatic rings. The molecule has 3 aromatic rings. The van der Waals surface area contributed by atoms with Gasteiger partial charge in [0.25, 0.3) is 5.89 Å². The minimum absolute atomic E-state index is 0.113. The van der Waals surface area contributed by atoms with Crippen LogP contribution in [0.1, 0.15) is 30.4 Å². The van der Waals surface area contributed by atoms with Gasteiger partial charge in [0.15, 0.2) is 0 Å². The van der Waals surface area contributed by atoms with Gasteiger partial charge in [0.05, 0.1) is 6.61 Å². The number of hydrogen-bond donors (Lipinski definition) is 1. The largest absolute Gasteiger partial charge is 0.396 e. The normalized spacial score (nSPS) is 18.8. The molecule has 0 radical (unpaired) electrons. The molecule has 1 aliphatic carbocycles. The Morgan fingerprint density at radius 2 is 1.87 bits per heavy atom. The number of methoxy groups -OCH3 is 1. The molecule has 0 aliphatic heterocycles. The van der Waals surface area contributed by atoms with Gasteiger partial charge >= 0.3 is 0 Å². The van der Waals surface area contributed by atoms with Gasteiger partial charge in [-0.2, -0.15) is 4.98 Å². The van der Waals surface area contributed by atoms with Crippen molar-refractivity contribution in [3.05, 3.63) is 83.8 Å². The molecule has 5 heteroatoms. The summed E-state index contributed by atoms with van der Waals surface area (Å²) in [6.07, 6.45) is 5.55. The third kappa shape index (κ3) is 4.13. The van der Waals surface area contributed by atoms with Gasteiger partial charge < -0.3 is 14.4 Å². The molecule has 1 N–H and O–H groups in total. The lowest BCUT2D eigenvalue weighted by atomic mass is 9.71. The van der Waals surface area contributed by atoms with E-state index in [2.05, 4.69) is 53.5 Å². The van der Waals surface area contributed by atoms with E-state index < -0.39 is 0 Å². The second-order valence-electron chi connectivity index (χ2n) is 7.91. The molecule has 0 saturated carbocycles. The summed E-state index contributed by atoms with van der Waals surface area (Å²) < 4.78 is 11.2. The van der Waals surface area contributed by atoms with Crippen molar-refractivity contribution in [2.45, 2.75) is 19.8 Å². The summed E-state index contributed by atoms with van der Waals surface area (Å²) in [6.45, 7) is 2.91. The average molecular weight is 402 g/mol. The predicted octanol–water partition coefficient (Wildman–Crippen LogP) is 4.79. The maximum Gasteiger partial charge on any atom is 0.254 e. The van der Waals surface area contributed by atoms with Crippen LogP contribution in [0.5, 0.6) is 0 Å². The fourth-order valence-corrected chi connectivity index (χ4v) is 4.08. The molecule has 154 valence electrons. The van der Waals surface area contributed by atoms with E-state index >= 15 is 0 Å². The highest BCUT2D eigenvalue weighted by molar-refractivity contribution is 5.80. The molecule has 5 nitrogen and oxygen atoms in total. The van der Waals surface area contributed by atoms with E-state index in [0.717, 1.165) is 23.1 Å². The first-order valence-electron chi connectivity index (χ1n) is 10.1. The lowest BCUT2D eigenvalue weighted by molar-refractivity contribution is 0.129. The number of aliphatic hydroxyl groups is 1. The van der Waals surface area contributed by atoms with Gasteiger partial charge in [-0.1, -0.05) is 72.8 Å². The van der Waals surface area contributed by atoms with Crippen molar-refractivity contribution in [1.29, 1.82) is 0 Å². The minimum atomic E-state index is -0.199. The van der Waals surface area contributed by atoms with Crippen LogP contribution < -0.4 is 0 Å². The Morgan fingerprint density at radius 3 is 2.63 bits per heavy atom. The van der Waals surface area contributed by atoms with E-state index in [1.165, 1.54) is 11.1 Å². The first-order valence-corrected chi connectivity index (χ1v) is 10.1. The molecular formula is C25H26N2O3. The Kier molecular flexibility index (Phi) is 5.93. The van der Waals surface area contributed by atoms with E-state index in [4.69, 9.17) is 9.26 Å². The molecule has 4 rings (SSSR count). The summed E-state index contributed by atoms with van der Waals surface area (Å²) in [5.74, 6) is 1.08. The highest BCUT2D eigenvalue weighted by Gasteiger charge is 2.35. The molecule has 1 unspecified atom stereocenters. The molecule has 0 saturated heterocycles. The quantitative estimate of drug-likeness (QED) is 0.615. The Hall–Kier alpha value is -3.02. The number of allylic oxidation sites excluding steroid dienone is 3. The number of hydrogen-bond acceptors (Lipinski definition) is 5. The monoisotopic (exact) mass is 402 g/mol. The lowest BCUT2D eigenvalue weighted by Gasteiger charge is -2.34. The standard InChI is InChI=1S/C25H26N2O3/c1-25(17-29-2)16-21(11-12-22(25)19-8-4-3-5-9-19)24-26-23(27-30-24)20-10-6-7-18(15-20)13-14-28/h3-12,15,28H,13-14,16-17H2,1-2H3. The summed E-state index contributed by atoms with van der Waals surface area (Å²) in [5.41, 5.74) is 5.16. The van der Waals surface area contributed by atoms with Crippen LogP contribution in [-0.2, 0) is 11.2 Å². The van der Waals surface area contributed by atoms with Crippen molar-refractivity contribution in [2.24, 2.45) is 5.41 Å². The second kappa shape index (κ2) is 8.78. The van der Waals surface area contributed by atoms with Gasteiger partial charge in [-0.05, 0) is 35.6 Å². The third-order valence-electron chi connectivity index (χ3n) is 5.52. The van der Waals surface area contributed by atoms with Crippen LogP contribution in [-0.4, -0.2) is 35.6 Å². The Labute approximate surface area is 176 Å². The van der Waals surface area contributed by atoms with Crippen molar-refractivity contribution in [3.8, 4) is 11.4 Å². The highest BCUT2D eigenvalue weighted by atomic mass is 16.5. The van der Waals surface area contributed by atoms with Crippen LogP contribution >= 0.6 is 0 Å². The van der Waals surface area contributed by atoms with E-state index in [-0.39, 0.29) is 12.0 Å². The fraction of sp³-hybridized carbons (Fsp3) is 0.280. The molecular weight excluding hydrogens is 376 g/mol. The molecule has 0 fully saturated rings. The first kappa shape index (κ1) is 20.3. The van der Waals surface area contributed by atoms with Crippen LogP contribution in [0.25, 0.3) is 22.5 Å². The predicted molar refractivity (Wildman–Crippen MR) is 118 cm³/mol. The molecule has 0 bridgehead atoms. The molecule has 1 aromatic heterocycles. The number of benzene rings is 2. The van der Waals surface area contributed by atoms with E-state index in [1.807, 2.05) is 30.3 Å². The van der Waals surface area contributed by atoms with Crippen LogP contribution in [0.15, 0.2) is 71.3 Å². The van der Waals surface area contributed by atoms with Crippen molar-refractivity contribution in [3.63, 3.8) is 0 Å². The van der Waals surface area contributed by atoms with Gasteiger partial charge in [0.1, 0.15) is 0 Å². The Bertz CT molecular complexity index is 1070. The zero-order valence-electron chi connectivity index (χ0n) is 17.3. The molecule has 30 heavy (non-hydrogen) atoms. The van der Waals surface area contributed by atoms with Gasteiger partial charge in [-0.3, -0.25) is 0 Å². The minimum Gasteiger partial charge on any atom is -0.396 e. The van der Waals surface area contributed by atoms with Crippen molar-refractivity contribution < 1.29 is 14.4 Å². The fourth-order valence-electron chi connectivity index (χ4n) is 4.08. The third-order valence-corrected chi connectivity index (χ3v) is 5.52. The van der Waals surface area contributed by atoms with Gasteiger partial charge in [-0.15, -0.1) is 0 Å². The van der Waals surface area contributed by atoms with E-state index in [0.29, 0.717) is 24.7 Å². The number of rotatable bonds is 7. The summed E-state index contributed by atoms with van der Waals surface area (Å²) in [6, 6.07) is 18.3. The maximum absolute atomic E-state index is 9.18. The number of aliphatic hydroxyl groups excluding tert-OH is 1. The Balaban J connectivity index is 1.66. The first-order chi connectivity index (χ1) is 14.6. The van der Waals surface area contributed by atoms with Crippen molar-refractivity contribution >= 4 is 11.1 Å². The van der Waals surface area contributed by atoms with Crippen LogP contribution in [0.4, 0.5) is 0 Å². The SMILES string of the molecule is COCC1(C)CC(c2nc(-c3cccc(CCO)c3)no2)=CC=C1c1ccccc1.